The topological polar surface area (TPSA) is 75.4 Å². The maximum Gasteiger partial charge on any atom is 0.296 e. The number of anilines is 1. The fourth-order valence-electron chi connectivity index (χ4n) is 1.16. The maximum absolute atomic E-state index is 10.7. The molecule has 0 amide bonds. The second-order valence-electron chi connectivity index (χ2n) is 3.41. The molecule has 2 N–H and O–H groups in total. The van der Waals surface area contributed by atoms with Gasteiger partial charge in [0.05, 0.1) is 11.0 Å². The van der Waals surface area contributed by atoms with Gasteiger partial charge in [-0.2, -0.15) is 0 Å². The molecule has 1 aromatic carbocycles. The van der Waals surface area contributed by atoms with Crippen molar-refractivity contribution in [2.24, 2.45) is 0 Å². The first-order chi connectivity index (χ1) is 7.04. The number of nitrogens with zero attached hydrogens (tertiary/aromatic N) is 1. The van der Waals surface area contributed by atoms with Gasteiger partial charge in [-0.1, -0.05) is 6.92 Å². The van der Waals surface area contributed by atoms with Crippen LogP contribution in [-0.2, 0) is 0 Å². The third kappa shape index (κ3) is 2.83. The number of hydrogen-bond acceptors (Lipinski definition) is 4. The Morgan fingerprint density at radius 2 is 2.27 bits per heavy atom. The number of phenols is 1. The Morgan fingerprint density at radius 1 is 1.60 bits per heavy atom. The van der Waals surface area contributed by atoms with Crippen LogP contribution < -0.4 is 5.32 Å². The van der Waals surface area contributed by atoms with Gasteiger partial charge in [0.25, 0.3) is 5.69 Å². The fourth-order valence-corrected chi connectivity index (χ4v) is 1.16. The molecule has 0 spiro atoms. The summed E-state index contributed by atoms with van der Waals surface area (Å²) in [6.45, 7) is 3.93. The number of hydrogen-bond donors (Lipinski definition) is 2. The first kappa shape index (κ1) is 11.3. The van der Waals surface area contributed by atoms with Crippen LogP contribution in [0.15, 0.2) is 18.2 Å². The zero-order chi connectivity index (χ0) is 11.4. The van der Waals surface area contributed by atoms with Crippen LogP contribution in [0.2, 0.25) is 0 Å². The number of rotatable bonds is 4. The Balaban J connectivity index is 3.01. The molecule has 0 aliphatic heterocycles. The van der Waals surface area contributed by atoms with Crippen LogP contribution in [0.1, 0.15) is 20.3 Å². The van der Waals surface area contributed by atoms with Gasteiger partial charge in [0.15, 0.2) is 0 Å². The van der Waals surface area contributed by atoms with E-state index in [2.05, 4.69) is 5.32 Å². The van der Waals surface area contributed by atoms with Gasteiger partial charge in [-0.15, -0.1) is 0 Å². The number of nitro benzene ring substituents is 1. The Bertz CT molecular complexity index is 366. The third-order valence-electron chi connectivity index (χ3n) is 2.19. The van der Waals surface area contributed by atoms with Gasteiger partial charge in [-0.3, -0.25) is 10.1 Å². The van der Waals surface area contributed by atoms with Gasteiger partial charge in [-0.05, 0) is 25.5 Å². The number of phenolic OH excluding ortho intramolecular Hbond substituents is 1. The van der Waals surface area contributed by atoms with Crippen molar-refractivity contribution in [3.05, 3.63) is 28.3 Å². The summed E-state index contributed by atoms with van der Waals surface area (Å²) in [5, 5.41) is 22.9. The number of nitrogens with one attached hydrogen (secondary N) is 1. The molecule has 0 saturated heterocycles. The lowest BCUT2D eigenvalue weighted by Gasteiger charge is -2.12. The van der Waals surface area contributed by atoms with Gasteiger partial charge < -0.3 is 10.4 Å². The number of aromatic hydroxyl groups is 1. The standard InChI is InChI=1S/C10H14N2O3/c1-3-7(2)11-9-5-4-8(13)6-10(9)12(14)15/h4-7,11,13H,3H2,1-2H3. The zero-order valence-corrected chi connectivity index (χ0v) is 8.73. The molecule has 1 atom stereocenters. The van der Waals surface area contributed by atoms with Gasteiger partial charge in [-0.25, -0.2) is 0 Å². The Morgan fingerprint density at radius 3 is 2.80 bits per heavy atom. The Kier molecular flexibility index (Phi) is 3.49. The van der Waals surface area contributed by atoms with Gasteiger partial charge >= 0.3 is 0 Å². The molecule has 82 valence electrons. The highest BCUT2D eigenvalue weighted by molar-refractivity contribution is 5.64. The van der Waals surface area contributed by atoms with Crippen LogP contribution in [0.4, 0.5) is 11.4 Å². The highest BCUT2D eigenvalue weighted by Crippen LogP contribution is 2.28. The highest BCUT2D eigenvalue weighted by atomic mass is 16.6. The van der Waals surface area contributed by atoms with Crippen LogP contribution in [0.3, 0.4) is 0 Å². The maximum atomic E-state index is 10.7. The minimum Gasteiger partial charge on any atom is -0.508 e. The van der Waals surface area contributed by atoms with E-state index >= 15 is 0 Å². The molecule has 1 rings (SSSR count). The third-order valence-corrected chi connectivity index (χ3v) is 2.19. The van der Waals surface area contributed by atoms with Crippen molar-refractivity contribution in [3.8, 4) is 5.75 Å². The summed E-state index contributed by atoms with van der Waals surface area (Å²) in [4.78, 5) is 10.2. The minimum absolute atomic E-state index is 0.101. The number of nitro groups is 1. The first-order valence-corrected chi connectivity index (χ1v) is 4.78. The normalized spacial score (nSPS) is 12.1. The van der Waals surface area contributed by atoms with Gasteiger partial charge in [0.1, 0.15) is 11.4 Å². The predicted molar refractivity (Wildman–Crippen MR) is 58.1 cm³/mol. The largest absolute Gasteiger partial charge is 0.508 e. The fraction of sp³-hybridized carbons (Fsp3) is 0.400. The van der Waals surface area contributed by atoms with E-state index in [-0.39, 0.29) is 17.5 Å². The summed E-state index contributed by atoms with van der Waals surface area (Å²) in [5.74, 6) is -0.101. The molecule has 15 heavy (non-hydrogen) atoms. The molecular formula is C10H14N2O3. The summed E-state index contributed by atoms with van der Waals surface area (Å²) >= 11 is 0. The van der Waals surface area contributed by atoms with Gasteiger partial charge in [0.2, 0.25) is 0 Å². The van der Waals surface area contributed by atoms with E-state index in [1.54, 1.807) is 0 Å². The van der Waals surface area contributed by atoms with Crippen molar-refractivity contribution < 1.29 is 10.0 Å². The molecule has 1 aromatic rings. The molecular weight excluding hydrogens is 196 g/mol. The van der Waals surface area contributed by atoms with E-state index in [1.807, 2.05) is 13.8 Å². The predicted octanol–water partition coefficient (Wildman–Crippen LogP) is 2.51. The van der Waals surface area contributed by atoms with E-state index in [0.717, 1.165) is 12.5 Å². The van der Waals surface area contributed by atoms with E-state index in [0.29, 0.717) is 5.69 Å². The average molecular weight is 210 g/mol. The van der Waals surface area contributed by atoms with Crippen LogP contribution in [0.5, 0.6) is 5.75 Å². The highest BCUT2D eigenvalue weighted by Gasteiger charge is 2.15. The second-order valence-corrected chi connectivity index (χ2v) is 3.41. The quantitative estimate of drug-likeness (QED) is 0.455. The smallest absolute Gasteiger partial charge is 0.296 e. The summed E-state index contributed by atoms with van der Waals surface area (Å²) in [6.07, 6.45) is 0.873. The number of benzene rings is 1. The van der Waals surface area contributed by atoms with Crippen LogP contribution in [0, 0.1) is 10.1 Å². The van der Waals surface area contributed by atoms with Crippen LogP contribution in [-0.4, -0.2) is 16.1 Å². The Hall–Kier alpha value is -1.78. The molecule has 0 aliphatic rings. The molecule has 0 radical (unpaired) electrons. The lowest BCUT2D eigenvalue weighted by atomic mass is 10.2. The zero-order valence-electron chi connectivity index (χ0n) is 8.73. The van der Waals surface area contributed by atoms with E-state index in [9.17, 15) is 10.1 Å². The monoisotopic (exact) mass is 210 g/mol. The molecule has 0 saturated carbocycles. The molecule has 0 fully saturated rings. The van der Waals surface area contributed by atoms with Crippen molar-refractivity contribution in [2.45, 2.75) is 26.3 Å². The average Bonchev–Trinajstić information content (AvgIpc) is 2.20. The molecule has 5 nitrogen and oxygen atoms in total. The Labute approximate surface area is 87.9 Å². The lowest BCUT2D eigenvalue weighted by molar-refractivity contribution is -0.384. The van der Waals surface area contributed by atoms with Crippen molar-refractivity contribution >= 4 is 11.4 Å². The molecule has 0 aliphatic carbocycles. The lowest BCUT2D eigenvalue weighted by Crippen LogP contribution is -2.14. The second kappa shape index (κ2) is 4.63. The van der Waals surface area contributed by atoms with Crippen LogP contribution >= 0.6 is 0 Å². The summed E-state index contributed by atoms with van der Waals surface area (Å²) in [7, 11) is 0. The molecule has 5 heteroatoms. The van der Waals surface area contributed by atoms with E-state index in [4.69, 9.17) is 5.11 Å². The first-order valence-electron chi connectivity index (χ1n) is 4.78. The van der Waals surface area contributed by atoms with Crippen molar-refractivity contribution in [1.29, 1.82) is 0 Å². The molecule has 0 heterocycles. The molecule has 0 bridgehead atoms. The van der Waals surface area contributed by atoms with Crippen molar-refractivity contribution in [3.63, 3.8) is 0 Å². The summed E-state index contributed by atoms with van der Waals surface area (Å²) in [5.41, 5.74) is 0.336. The minimum atomic E-state index is -0.509. The molecule has 1 unspecified atom stereocenters. The SMILES string of the molecule is CCC(C)Nc1ccc(O)cc1[N+](=O)[O-]. The van der Waals surface area contributed by atoms with E-state index in [1.165, 1.54) is 12.1 Å². The van der Waals surface area contributed by atoms with E-state index < -0.39 is 4.92 Å². The summed E-state index contributed by atoms with van der Waals surface area (Å²) < 4.78 is 0. The van der Waals surface area contributed by atoms with Crippen molar-refractivity contribution in [2.75, 3.05) is 5.32 Å². The summed E-state index contributed by atoms with van der Waals surface area (Å²) in [6, 6.07) is 4.25. The van der Waals surface area contributed by atoms with Crippen LogP contribution in [0.25, 0.3) is 0 Å². The van der Waals surface area contributed by atoms with Crippen molar-refractivity contribution in [1.82, 2.24) is 0 Å². The molecule has 0 aromatic heterocycles. The van der Waals surface area contributed by atoms with Gasteiger partial charge in [0, 0.05) is 6.04 Å².